The highest BCUT2D eigenvalue weighted by Crippen LogP contribution is 2.33. The first kappa shape index (κ1) is 11.9. The highest BCUT2D eigenvalue weighted by molar-refractivity contribution is 7.19. The molecule has 0 saturated heterocycles. The first-order valence-corrected chi connectivity index (χ1v) is 6.59. The van der Waals surface area contributed by atoms with E-state index in [0.29, 0.717) is 17.4 Å². The molecule has 2 N–H and O–H groups in total. The zero-order valence-electron chi connectivity index (χ0n) is 10.5. The fourth-order valence-corrected chi connectivity index (χ4v) is 2.67. The molecule has 0 radical (unpaired) electrons. The smallest absolute Gasteiger partial charge is 0.268 e. The van der Waals surface area contributed by atoms with Gasteiger partial charge >= 0.3 is 0 Å². The van der Waals surface area contributed by atoms with E-state index >= 15 is 0 Å². The lowest BCUT2D eigenvalue weighted by Gasteiger charge is -1.94. The lowest BCUT2D eigenvalue weighted by molar-refractivity contribution is 0.433. The predicted octanol–water partition coefficient (Wildman–Crippen LogP) is 3.06. The average molecular weight is 272 g/mol. The van der Waals surface area contributed by atoms with Crippen LogP contribution in [0.4, 0.5) is 5.00 Å². The molecule has 0 aliphatic rings. The number of hydrogen-bond donors (Lipinski definition) is 1. The Bertz CT molecular complexity index is 732. The third-order valence-corrected chi connectivity index (χ3v) is 3.73. The van der Waals surface area contributed by atoms with Crippen molar-refractivity contribution < 1.29 is 4.52 Å². The summed E-state index contributed by atoms with van der Waals surface area (Å²) in [6.07, 6.45) is 0. The van der Waals surface area contributed by atoms with Gasteiger partial charge in [0.1, 0.15) is 5.69 Å². The molecule has 0 aromatic carbocycles. The van der Waals surface area contributed by atoms with Gasteiger partial charge in [-0.05, 0) is 37.6 Å². The number of nitrogens with zero attached hydrogens (tertiary/aromatic N) is 3. The van der Waals surface area contributed by atoms with E-state index in [1.165, 1.54) is 11.3 Å². The molecule has 6 heteroatoms. The zero-order chi connectivity index (χ0) is 13.4. The van der Waals surface area contributed by atoms with Gasteiger partial charge in [0, 0.05) is 5.69 Å². The number of aryl methyl sites for hydroxylation is 2. The molecule has 19 heavy (non-hydrogen) atoms. The second kappa shape index (κ2) is 4.47. The van der Waals surface area contributed by atoms with Crippen LogP contribution in [0.25, 0.3) is 22.3 Å². The molecule has 0 bridgehead atoms. The van der Waals surface area contributed by atoms with Gasteiger partial charge in [-0.1, -0.05) is 11.2 Å². The number of nitrogens with two attached hydrogens (primary N) is 1. The summed E-state index contributed by atoms with van der Waals surface area (Å²) in [5.41, 5.74) is 8.43. The van der Waals surface area contributed by atoms with Crippen molar-refractivity contribution in [1.82, 2.24) is 15.1 Å². The zero-order valence-corrected chi connectivity index (χ0v) is 11.4. The van der Waals surface area contributed by atoms with Crippen LogP contribution in [0.15, 0.2) is 28.8 Å². The van der Waals surface area contributed by atoms with Crippen LogP contribution in [0.3, 0.4) is 0 Å². The lowest BCUT2D eigenvalue weighted by Crippen LogP contribution is -1.87. The van der Waals surface area contributed by atoms with E-state index in [-0.39, 0.29) is 0 Å². The number of pyridine rings is 1. The van der Waals surface area contributed by atoms with E-state index in [4.69, 9.17) is 10.3 Å². The molecule has 0 atom stereocenters. The van der Waals surface area contributed by atoms with Gasteiger partial charge in [-0.25, -0.2) is 4.98 Å². The molecule has 0 amide bonds. The minimum absolute atomic E-state index is 0.484. The van der Waals surface area contributed by atoms with Gasteiger partial charge < -0.3 is 10.3 Å². The molecular formula is C13H12N4OS. The van der Waals surface area contributed by atoms with Gasteiger partial charge in [0.2, 0.25) is 5.82 Å². The van der Waals surface area contributed by atoms with Gasteiger partial charge in [-0.2, -0.15) is 4.98 Å². The van der Waals surface area contributed by atoms with Crippen LogP contribution in [0.2, 0.25) is 0 Å². The number of rotatable bonds is 2. The van der Waals surface area contributed by atoms with Gasteiger partial charge in [0.25, 0.3) is 5.89 Å². The van der Waals surface area contributed by atoms with Crippen molar-refractivity contribution in [2.45, 2.75) is 13.8 Å². The maximum atomic E-state index is 5.77. The minimum atomic E-state index is 0.484. The molecule has 0 spiro atoms. The standard InChI is InChI=1S/C13H12N4OS/c1-7-6-10(14)19-11(7)13-16-12(17-18-13)9-5-3-4-8(2)15-9/h3-6H,14H2,1-2H3. The third-order valence-electron chi connectivity index (χ3n) is 2.67. The topological polar surface area (TPSA) is 77.8 Å². The Morgan fingerprint density at radius 1 is 1.21 bits per heavy atom. The molecule has 0 saturated carbocycles. The molecule has 96 valence electrons. The van der Waals surface area contributed by atoms with Crippen LogP contribution in [0.1, 0.15) is 11.3 Å². The normalized spacial score (nSPS) is 10.8. The molecule has 5 nitrogen and oxygen atoms in total. The number of anilines is 1. The number of nitrogen functional groups attached to an aromatic ring is 1. The Morgan fingerprint density at radius 2 is 2.05 bits per heavy atom. The van der Waals surface area contributed by atoms with Crippen LogP contribution in [0.5, 0.6) is 0 Å². The summed E-state index contributed by atoms with van der Waals surface area (Å²) in [5, 5.41) is 4.71. The van der Waals surface area contributed by atoms with Crippen LogP contribution in [-0.4, -0.2) is 15.1 Å². The monoisotopic (exact) mass is 272 g/mol. The average Bonchev–Trinajstić information content (AvgIpc) is 2.96. The summed E-state index contributed by atoms with van der Waals surface area (Å²) in [4.78, 5) is 9.66. The van der Waals surface area contributed by atoms with Gasteiger partial charge in [0.05, 0.1) is 9.88 Å². The highest BCUT2D eigenvalue weighted by atomic mass is 32.1. The third kappa shape index (κ3) is 2.22. The second-order valence-corrected chi connectivity index (χ2v) is 5.33. The maximum Gasteiger partial charge on any atom is 0.268 e. The first-order chi connectivity index (χ1) is 9.13. The van der Waals surface area contributed by atoms with Crippen molar-refractivity contribution in [3.8, 4) is 22.3 Å². The van der Waals surface area contributed by atoms with E-state index in [2.05, 4.69) is 15.1 Å². The highest BCUT2D eigenvalue weighted by Gasteiger charge is 2.15. The summed E-state index contributed by atoms with van der Waals surface area (Å²) < 4.78 is 5.29. The first-order valence-electron chi connectivity index (χ1n) is 5.77. The van der Waals surface area contributed by atoms with Crippen molar-refractivity contribution in [2.24, 2.45) is 0 Å². The Balaban J connectivity index is 2.02. The molecule has 0 unspecified atom stereocenters. The summed E-state index contributed by atoms with van der Waals surface area (Å²) in [5.74, 6) is 0.975. The van der Waals surface area contributed by atoms with Crippen LogP contribution in [-0.2, 0) is 0 Å². The molecule has 0 aliphatic carbocycles. The van der Waals surface area contributed by atoms with E-state index in [1.54, 1.807) is 0 Å². The number of hydrogen-bond acceptors (Lipinski definition) is 6. The molecule has 3 aromatic rings. The molecule has 3 rings (SSSR count). The fourth-order valence-electron chi connectivity index (χ4n) is 1.81. The summed E-state index contributed by atoms with van der Waals surface area (Å²) >= 11 is 1.44. The van der Waals surface area contributed by atoms with Crippen LogP contribution in [0, 0.1) is 13.8 Å². The van der Waals surface area contributed by atoms with Crippen molar-refractivity contribution in [1.29, 1.82) is 0 Å². The number of thiophene rings is 1. The minimum Gasteiger partial charge on any atom is -0.391 e. The Morgan fingerprint density at radius 3 is 2.74 bits per heavy atom. The number of aromatic nitrogens is 3. The van der Waals surface area contributed by atoms with Gasteiger partial charge in [-0.15, -0.1) is 11.3 Å². The van der Waals surface area contributed by atoms with E-state index in [1.807, 2.05) is 38.1 Å². The van der Waals surface area contributed by atoms with E-state index in [0.717, 1.165) is 21.1 Å². The van der Waals surface area contributed by atoms with Crippen molar-refractivity contribution in [3.05, 3.63) is 35.5 Å². The van der Waals surface area contributed by atoms with Crippen molar-refractivity contribution in [3.63, 3.8) is 0 Å². The molecule has 0 fully saturated rings. The lowest BCUT2D eigenvalue weighted by atomic mass is 10.3. The molecule has 3 heterocycles. The summed E-state index contributed by atoms with van der Waals surface area (Å²) in [6, 6.07) is 7.60. The fraction of sp³-hybridized carbons (Fsp3) is 0.154. The van der Waals surface area contributed by atoms with Crippen LogP contribution >= 0.6 is 11.3 Å². The van der Waals surface area contributed by atoms with Gasteiger partial charge in [-0.3, -0.25) is 0 Å². The van der Waals surface area contributed by atoms with Crippen molar-refractivity contribution >= 4 is 16.3 Å². The SMILES string of the molecule is Cc1cccc(-c2noc(-c3sc(N)cc3C)n2)n1. The largest absolute Gasteiger partial charge is 0.391 e. The van der Waals surface area contributed by atoms with Crippen molar-refractivity contribution in [2.75, 3.05) is 5.73 Å². The summed E-state index contributed by atoms with van der Waals surface area (Å²) in [7, 11) is 0. The van der Waals surface area contributed by atoms with Gasteiger partial charge in [0.15, 0.2) is 0 Å². The maximum absolute atomic E-state index is 5.77. The molecule has 3 aromatic heterocycles. The Kier molecular flexibility index (Phi) is 2.79. The van der Waals surface area contributed by atoms with Crippen LogP contribution < -0.4 is 5.73 Å². The Hall–Kier alpha value is -2.21. The van der Waals surface area contributed by atoms with E-state index in [9.17, 15) is 0 Å². The summed E-state index contributed by atoms with van der Waals surface area (Å²) in [6.45, 7) is 3.89. The predicted molar refractivity (Wildman–Crippen MR) is 74.7 cm³/mol. The second-order valence-electron chi connectivity index (χ2n) is 4.25. The molecule has 0 aliphatic heterocycles. The quantitative estimate of drug-likeness (QED) is 0.775. The Labute approximate surface area is 114 Å². The molecular weight excluding hydrogens is 260 g/mol. The van der Waals surface area contributed by atoms with E-state index < -0.39 is 0 Å².